The quantitative estimate of drug-likeness (QED) is 0.797. The number of nitrogens with one attached hydrogen (secondary N) is 1. The summed E-state index contributed by atoms with van der Waals surface area (Å²) in [6.45, 7) is 2.68. The molecule has 0 unspecified atom stereocenters. The van der Waals surface area contributed by atoms with Crippen LogP contribution in [0.25, 0.3) is 0 Å². The minimum Gasteiger partial charge on any atom is -0.374 e. The van der Waals surface area contributed by atoms with E-state index in [-0.39, 0.29) is 6.03 Å². The third-order valence-corrected chi connectivity index (χ3v) is 3.59. The first-order valence-corrected chi connectivity index (χ1v) is 6.15. The molecular formula is C13H17N3O. The van der Waals surface area contributed by atoms with E-state index < -0.39 is 0 Å². The molecule has 90 valence electrons. The smallest absolute Gasteiger partial charge is 0.321 e. The third-order valence-electron chi connectivity index (χ3n) is 3.59. The highest BCUT2D eigenvalue weighted by Crippen LogP contribution is 2.31. The fourth-order valence-corrected chi connectivity index (χ4v) is 2.57. The van der Waals surface area contributed by atoms with Crippen LogP contribution in [0.5, 0.6) is 0 Å². The van der Waals surface area contributed by atoms with Crippen molar-refractivity contribution in [3.05, 3.63) is 23.8 Å². The fourth-order valence-electron chi connectivity index (χ4n) is 2.57. The molecule has 0 aromatic heterocycles. The lowest BCUT2D eigenvalue weighted by molar-refractivity contribution is 0.243. The molecule has 0 atom stereocenters. The molecule has 4 nitrogen and oxygen atoms in total. The number of nitrogens with zero attached hydrogens (tertiary/aromatic N) is 2. The number of carbonyl (C=O) groups excluding carboxylic acids is 1. The number of urea groups is 1. The number of amides is 2. The minimum atomic E-state index is 0.0249. The van der Waals surface area contributed by atoms with Crippen LogP contribution in [0.4, 0.5) is 16.2 Å². The van der Waals surface area contributed by atoms with Gasteiger partial charge in [0, 0.05) is 38.1 Å². The van der Waals surface area contributed by atoms with Gasteiger partial charge in [-0.25, -0.2) is 4.79 Å². The molecule has 2 amide bonds. The van der Waals surface area contributed by atoms with E-state index >= 15 is 0 Å². The summed E-state index contributed by atoms with van der Waals surface area (Å²) in [4.78, 5) is 15.9. The minimum absolute atomic E-state index is 0.0249. The first-order valence-electron chi connectivity index (χ1n) is 6.15. The van der Waals surface area contributed by atoms with Gasteiger partial charge in [-0.2, -0.15) is 0 Å². The van der Waals surface area contributed by atoms with E-state index in [0.29, 0.717) is 0 Å². The predicted octanol–water partition coefficient (Wildman–Crippen LogP) is 1.60. The Bertz CT molecular complexity index is 458. The van der Waals surface area contributed by atoms with Crippen molar-refractivity contribution in [2.75, 3.05) is 36.5 Å². The van der Waals surface area contributed by atoms with Gasteiger partial charge in [0.1, 0.15) is 0 Å². The maximum absolute atomic E-state index is 11.8. The van der Waals surface area contributed by atoms with Crippen LogP contribution in [0.2, 0.25) is 0 Å². The highest BCUT2D eigenvalue weighted by Gasteiger charge is 2.22. The van der Waals surface area contributed by atoms with Crippen LogP contribution in [0.3, 0.4) is 0 Å². The molecule has 1 aromatic rings. The molecule has 1 saturated heterocycles. The summed E-state index contributed by atoms with van der Waals surface area (Å²) >= 11 is 0. The zero-order chi connectivity index (χ0) is 11.8. The molecule has 0 bridgehead atoms. The van der Waals surface area contributed by atoms with Crippen molar-refractivity contribution in [1.29, 1.82) is 0 Å². The summed E-state index contributed by atoms with van der Waals surface area (Å²) in [5.41, 5.74) is 3.66. The zero-order valence-corrected chi connectivity index (χ0v) is 10.1. The van der Waals surface area contributed by atoms with Gasteiger partial charge in [-0.3, -0.25) is 4.90 Å². The SMILES string of the molecule is CN1CCc2ccc(N3CCCNC3=O)cc21. The maximum atomic E-state index is 11.8. The number of benzene rings is 1. The number of rotatable bonds is 1. The molecule has 1 fully saturated rings. The molecule has 4 heteroatoms. The number of hydrogen-bond donors (Lipinski definition) is 1. The van der Waals surface area contributed by atoms with Crippen molar-refractivity contribution >= 4 is 17.4 Å². The van der Waals surface area contributed by atoms with Crippen molar-refractivity contribution < 1.29 is 4.79 Å². The molecule has 0 saturated carbocycles. The normalized spacial score (nSPS) is 19.2. The van der Waals surface area contributed by atoms with Crippen LogP contribution in [-0.4, -0.2) is 32.7 Å². The van der Waals surface area contributed by atoms with Crippen LogP contribution < -0.4 is 15.1 Å². The molecule has 1 N–H and O–H groups in total. The number of fused-ring (bicyclic) bond motifs is 1. The Labute approximate surface area is 101 Å². The Hall–Kier alpha value is -1.71. The predicted molar refractivity (Wildman–Crippen MR) is 68.8 cm³/mol. The second kappa shape index (κ2) is 3.95. The Kier molecular flexibility index (Phi) is 2.42. The topological polar surface area (TPSA) is 35.6 Å². The number of anilines is 2. The van der Waals surface area contributed by atoms with E-state index in [0.717, 1.165) is 38.2 Å². The van der Waals surface area contributed by atoms with Crippen LogP contribution in [0, 0.1) is 0 Å². The van der Waals surface area contributed by atoms with E-state index in [1.165, 1.54) is 11.3 Å². The molecule has 0 spiro atoms. The standard InChI is InChI=1S/C13H17N3O/c1-15-8-5-10-3-4-11(9-12(10)15)16-7-2-6-14-13(16)17/h3-4,9H,2,5-8H2,1H3,(H,14,17). The van der Waals surface area contributed by atoms with Gasteiger partial charge in [-0.15, -0.1) is 0 Å². The van der Waals surface area contributed by atoms with Gasteiger partial charge in [0.15, 0.2) is 0 Å². The van der Waals surface area contributed by atoms with E-state index in [9.17, 15) is 4.79 Å². The lowest BCUT2D eigenvalue weighted by atomic mass is 10.1. The Balaban J connectivity index is 1.93. The lowest BCUT2D eigenvalue weighted by Gasteiger charge is -2.28. The molecule has 2 aliphatic heterocycles. The van der Waals surface area contributed by atoms with E-state index in [1.54, 1.807) is 0 Å². The van der Waals surface area contributed by atoms with Gasteiger partial charge in [0.05, 0.1) is 0 Å². The average molecular weight is 231 g/mol. The summed E-state index contributed by atoms with van der Waals surface area (Å²) in [5, 5.41) is 2.88. The zero-order valence-electron chi connectivity index (χ0n) is 10.1. The van der Waals surface area contributed by atoms with Crippen molar-refractivity contribution in [2.45, 2.75) is 12.8 Å². The second-order valence-corrected chi connectivity index (χ2v) is 4.72. The number of likely N-dealkylation sites (N-methyl/N-ethyl adjacent to an activating group) is 1. The third kappa shape index (κ3) is 1.73. The molecule has 17 heavy (non-hydrogen) atoms. The summed E-state index contributed by atoms with van der Waals surface area (Å²) < 4.78 is 0. The largest absolute Gasteiger partial charge is 0.374 e. The number of carbonyl (C=O) groups is 1. The second-order valence-electron chi connectivity index (χ2n) is 4.72. The molecule has 2 heterocycles. The number of hydrogen-bond acceptors (Lipinski definition) is 2. The first-order chi connectivity index (χ1) is 8.25. The van der Waals surface area contributed by atoms with Gasteiger partial charge < -0.3 is 10.2 Å². The van der Waals surface area contributed by atoms with Crippen molar-refractivity contribution in [2.24, 2.45) is 0 Å². The van der Waals surface area contributed by atoms with Crippen molar-refractivity contribution in [3.8, 4) is 0 Å². The lowest BCUT2D eigenvalue weighted by Crippen LogP contribution is -2.46. The summed E-state index contributed by atoms with van der Waals surface area (Å²) in [6.07, 6.45) is 2.12. The van der Waals surface area contributed by atoms with Crippen LogP contribution in [0.1, 0.15) is 12.0 Å². The molecule has 1 aromatic carbocycles. The van der Waals surface area contributed by atoms with Gasteiger partial charge in [0.2, 0.25) is 0 Å². The maximum Gasteiger partial charge on any atom is 0.321 e. The van der Waals surface area contributed by atoms with Crippen molar-refractivity contribution in [3.63, 3.8) is 0 Å². The molecule has 3 rings (SSSR count). The first kappa shape index (κ1) is 10.4. The van der Waals surface area contributed by atoms with Gasteiger partial charge in [-0.05, 0) is 30.5 Å². The van der Waals surface area contributed by atoms with Gasteiger partial charge in [0.25, 0.3) is 0 Å². The van der Waals surface area contributed by atoms with Crippen LogP contribution in [0.15, 0.2) is 18.2 Å². The Morgan fingerprint density at radius 3 is 3.00 bits per heavy atom. The fraction of sp³-hybridized carbons (Fsp3) is 0.462. The highest BCUT2D eigenvalue weighted by atomic mass is 16.2. The molecule has 0 aliphatic carbocycles. The Morgan fingerprint density at radius 1 is 1.29 bits per heavy atom. The van der Waals surface area contributed by atoms with E-state index in [4.69, 9.17) is 0 Å². The van der Waals surface area contributed by atoms with E-state index in [1.807, 2.05) is 4.90 Å². The monoisotopic (exact) mass is 231 g/mol. The van der Waals surface area contributed by atoms with E-state index in [2.05, 4.69) is 35.5 Å². The average Bonchev–Trinajstić information content (AvgIpc) is 2.71. The van der Waals surface area contributed by atoms with Crippen LogP contribution >= 0.6 is 0 Å². The molecule has 0 radical (unpaired) electrons. The summed E-state index contributed by atoms with van der Waals surface area (Å²) in [7, 11) is 2.10. The highest BCUT2D eigenvalue weighted by molar-refractivity contribution is 5.93. The molecular weight excluding hydrogens is 214 g/mol. The van der Waals surface area contributed by atoms with Gasteiger partial charge in [-0.1, -0.05) is 6.07 Å². The summed E-state index contributed by atoms with van der Waals surface area (Å²) in [6, 6.07) is 6.36. The molecule has 2 aliphatic rings. The Morgan fingerprint density at radius 2 is 2.18 bits per heavy atom. The van der Waals surface area contributed by atoms with Crippen molar-refractivity contribution in [1.82, 2.24) is 5.32 Å². The van der Waals surface area contributed by atoms with Gasteiger partial charge >= 0.3 is 6.03 Å². The summed E-state index contributed by atoms with van der Waals surface area (Å²) in [5.74, 6) is 0. The van der Waals surface area contributed by atoms with Crippen LogP contribution in [-0.2, 0) is 6.42 Å².